The standard InChI is InChI=1S/C14H17ClFN3/c1-9-7-10(19(3)18-9)8-13(17-2)11-5-4-6-12(16)14(11)15/h4-7,13,17H,8H2,1-3H3. The van der Waals surface area contributed by atoms with E-state index in [1.54, 1.807) is 6.07 Å². The molecule has 0 spiro atoms. The summed E-state index contributed by atoms with van der Waals surface area (Å²) < 4.78 is 15.4. The van der Waals surface area contributed by atoms with Gasteiger partial charge in [0.2, 0.25) is 0 Å². The van der Waals surface area contributed by atoms with Gasteiger partial charge >= 0.3 is 0 Å². The van der Waals surface area contributed by atoms with Crippen LogP contribution in [0.2, 0.25) is 5.02 Å². The lowest BCUT2D eigenvalue weighted by Crippen LogP contribution is -2.20. The molecule has 2 rings (SSSR count). The maximum absolute atomic E-state index is 13.5. The number of benzene rings is 1. The molecule has 1 aromatic carbocycles. The molecule has 0 amide bonds. The van der Waals surface area contributed by atoms with Crippen LogP contribution in [0.4, 0.5) is 4.39 Å². The molecular formula is C14H17ClFN3. The molecule has 0 saturated carbocycles. The lowest BCUT2D eigenvalue weighted by Gasteiger charge is -2.18. The Bertz CT molecular complexity index is 580. The number of aromatic nitrogens is 2. The first kappa shape index (κ1) is 14.0. The fraction of sp³-hybridized carbons (Fsp3) is 0.357. The Morgan fingerprint density at radius 1 is 1.47 bits per heavy atom. The number of likely N-dealkylation sites (N-methyl/N-ethyl adjacent to an activating group) is 1. The van der Waals surface area contributed by atoms with Crippen LogP contribution in [0, 0.1) is 12.7 Å². The third-order valence-corrected chi connectivity index (χ3v) is 3.62. The molecule has 0 radical (unpaired) electrons. The average molecular weight is 282 g/mol. The minimum atomic E-state index is -0.388. The molecule has 3 nitrogen and oxygen atoms in total. The Labute approximate surface area is 117 Å². The number of nitrogens with one attached hydrogen (secondary N) is 1. The molecule has 0 bridgehead atoms. The van der Waals surface area contributed by atoms with Gasteiger partial charge in [-0.05, 0) is 31.7 Å². The van der Waals surface area contributed by atoms with Crippen molar-refractivity contribution in [2.24, 2.45) is 7.05 Å². The zero-order valence-corrected chi connectivity index (χ0v) is 12.0. The summed E-state index contributed by atoms with van der Waals surface area (Å²) in [5.41, 5.74) is 2.82. The first-order chi connectivity index (χ1) is 9.02. The first-order valence-electron chi connectivity index (χ1n) is 6.13. The Hall–Kier alpha value is -1.39. The average Bonchev–Trinajstić information content (AvgIpc) is 2.68. The number of hydrogen-bond donors (Lipinski definition) is 1. The molecule has 2 aromatic rings. The van der Waals surface area contributed by atoms with Crippen LogP contribution in [0.1, 0.15) is 23.0 Å². The van der Waals surface area contributed by atoms with E-state index >= 15 is 0 Å². The molecule has 1 unspecified atom stereocenters. The SMILES string of the molecule is CNC(Cc1cc(C)nn1C)c1cccc(F)c1Cl. The molecule has 1 N–H and O–H groups in total. The van der Waals surface area contributed by atoms with Crippen molar-refractivity contribution < 1.29 is 4.39 Å². The monoisotopic (exact) mass is 281 g/mol. The van der Waals surface area contributed by atoms with Crippen molar-refractivity contribution in [3.63, 3.8) is 0 Å². The van der Waals surface area contributed by atoms with Crippen molar-refractivity contribution in [1.29, 1.82) is 0 Å². The molecule has 0 aliphatic rings. The van der Waals surface area contributed by atoms with Gasteiger partial charge in [0.1, 0.15) is 5.82 Å². The van der Waals surface area contributed by atoms with E-state index in [4.69, 9.17) is 11.6 Å². The van der Waals surface area contributed by atoms with Crippen LogP contribution >= 0.6 is 11.6 Å². The largest absolute Gasteiger partial charge is 0.313 e. The van der Waals surface area contributed by atoms with Gasteiger partial charge in [-0.2, -0.15) is 5.10 Å². The summed E-state index contributed by atoms with van der Waals surface area (Å²) in [6.45, 7) is 1.95. The van der Waals surface area contributed by atoms with Gasteiger partial charge in [-0.15, -0.1) is 0 Å². The van der Waals surface area contributed by atoms with Crippen LogP contribution in [0.25, 0.3) is 0 Å². The lowest BCUT2D eigenvalue weighted by atomic mass is 10.0. The van der Waals surface area contributed by atoms with Gasteiger partial charge < -0.3 is 5.32 Å². The minimum absolute atomic E-state index is 0.0435. The van der Waals surface area contributed by atoms with Crippen LogP contribution in [-0.4, -0.2) is 16.8 Å². The van der Waals surface area contributed by atoms with Crippen LogP contribution in [0.15, 0.2) is 24.3 Å². The van der Waals surface area contributed by atoms with Crippen LogP contribution in [0.3, 0.4) is 0 Å². The van der Waals surface area contributed by atoms with Crippen molar-refractivity contribution in [2.75, 3.05) is 7.05 Å². The van der Waals surface area contributed by atoms with E-state index in [0.29, 0.717) is 6.42 Å². The normalized spacial score (nSPS) is 12.7. The summed E-state index contributed by atoms with van der Waals surface area (Å²) in [6, 6.07) is 6.87. The van der Waals surface area contributed by atoms with E-state index in [9.17, 15) is 4.39 Å². The molecular weight excluding hydrogens is 265 g/mol. The highest BCUT2D eigenvalue weighted by atomic mass is 35.5. The summed E-state index contributed by atoms with van der Waals surface area (Å²) in [5, 5.41) is 7.67. The molecule has 19 heavy (non-hydrogen) atoms. The summed E-state index contributed by atoms with van der Waals surface area (Å²) in [6.07, 6.45) is 0.705. The molecule has 1 heterocycles. The van der Waals surface area contributed by atoms with E-state index in [0.717, 1.165) is 17.0 Å². The van der Waals surface area contributed by atoms with Gasteiger partial charge in [-0.25, -0.2) is 4.39 Å². The molecule has 1 atom stereocenters. The predicted octanol–water partition coefficient (Wildman–Crippen LogP) is 3.02. The molecule has 0 aliphatic carbocycles. The molecule has 102 valence electrons. The topological polar surface area (TPSA) is 29.9 Å². The molecule has 0 fully saturated rings. The third-order valence-electron chi connectivity index (χ3n) is 3.22. The van der Waals surface area contributed by atoms with E-state index in [1.165, 1.54) is 6.07 Å². The highest BCUT2D eigenvalue weighted by Crippen LogP contribution is 2.27. The van der Waals surface area contributed by atoms with Gasteiger partial charge in [0.05, 0.1) is 10.7 Å². The predicted molar refractivity (Wildman–Crippen MR) is 74.9 cm³/mol. The number of hydrogen-bond acceptors (Lipinski definition) is 2. The van der Waals surface area contributed by atoms with Gasteiger partial charge in [-0.3, -0.25) is 4.68 Å². The fourth-order valence-electron chi connectivity index (χ4n) is 2.22. The molecule has 1 aromatic heterocycles. The van der Waals surface area contributed by atoms with E-state index in [1.807, 2.05) is 37.8 Å². The number of aryl methyl sites for hydroxylation is 2. The van der Waals surface area contributed by atoms with Gasteiger partial charge in [0.25, 0.3) is 0 Å². The molecule has 5 heteroatoms. The minimum Gasteiger partial charge on any atom is -0.313 e. The van der Waals surface area contributed by atoms with E-state index in [2.05, 4.69) is 10.4 Å². The summed E-state index contributed by atoms with van der Waals surface area (Å²) in [5.74, 6) is -0.388. The summed E-state index contributed by atoms with van der Waals surface area (Å²) in [7, 11) is 3.75. The number of rotatable bonds is 4. The van der Waals surface area contributed by atoms with Gasteiger partial charge in [0.15, 0.2) is 0 Å². The Morgan fingerprint density at radius 3 is 2.79 bits per heavy atom. The van der Waals surface area contributed by atoms with Crippen molar-refractivity contribution in [3.8, 4) is 0 Å². The van der Waals surface area contributed by atoms with Crippen LogP contribution in [-0.2, 0) is 13.5 Å². The fourth-order valence-corrected chi connectivity index (χ4v) is 2.48. The molecule has 0 aliphatic heterocycles. The zero-order chi connectivity index (χ0) is 14.0. The van der Waals surface area contributed by atoms with Gasteiger partial charge in [0, 0.05) is 25.2 Å². The Balaban J connectivity index is 2.30. The van der Waals surface area contributed by atoms with Crippen molar-refractivity contribution in [1.82, 2.24) is 15.1 Å². The maximum Gasteiger partial charge on any atom is 0.142 e. The zero-order valence-electron chi connectivity index (χ0n) is 11.2. The Kier molecular flexibility index (Phi) is 4.22. The van der Waals surface area contributed by atoms with Crippen LogP contribution < -0.4 is 5.32 Å². The van der Waals surface area contributed by atoms with E-state index < -0.39 is 0 Å². The summed E-state index contributed by atoms with van der Waals surface area (Å²) >= 11 is 6.04. The van der Waals surface area contributed by atoms with Crippen molar-refractivity contribution >= 4 is 11.6 Å². The highest BCUT2D eigenvalue weighted by molar-refractivity contribution is 6.31. The second kappa shape index (κ2) is 5.72. The lowest BCUT2D eigenvalue weighted by molar-refractivity contribution is 0.554. The number of halogens is 2. The van der Waals surface area contributed by atoms with Crippen molar-refractivity contribution in [2.45, 2.75) is 19.4 Å². The van der Waals surface area contributed by atoms with Crippen LogP contribution in [0.5, 0.6) is 0 Å². The third kappa shape index (κ3) is 2.96. The number of nitrogens with zero attached hydrogens (tertiary/aromatic N) is 2. The van der Waals surface area contributed by atoms with Crippen molar-refractivity contribution in [3.05, 3.63) is 52.1 Å². The molecule has 0 saturated heterocycles. The summed E-state index contributed by atoms with van der Waals surface area (Å²) in [4.78, 5) is 0. The quantitative estimate of drug-likeness (QED) is 0.934. The maximum atomic E-state index is 13.5. The smallest absolute Gasteiger partial charge is 0.142 e. The van der Waals surface area contributed by atoms with Gasteiger partial charge in [-0.1, -0.05) is 23.7 Å². The second-order valence-electron chi connectivity index (χ2n) is 4.59. The highest BCUT2D eigenvalue weighted by Gasteiger charge is 2.17. The Morgan fingerprint density at radius 2 is 2.21 bits per heavy atom. The van der Waals surface area contributed by atoms with E-state index in [-0.39, 0.29) is 16.9 Å². The first-order valence-corrected chi connectivity index (χ1v) is 6.51. The second-order valence-corrected chi connectivity index (χ2v) is 4.97.